The molecule has 1 amide bonds. The van der Waals surface area contributed by atoms with E-state index in [-0.39, 0.29) is 5.91 Å². The van der Waals surface area contributed by atoms with Gasteiger partial charge in [0.25, 0.3) is 5.91 Å². The molecule has 1 aliphatic carbocycles. The molecule has 4 heteroatoms. The fourth-order valence-electron chi connectivity index (χ4n) is 2.62. The van der Waals surface area contributed by atoms with Crippen LogP contribution in [0.3, 0.4) is 0 Å². The van der Waals surface area contributed by atoms with E-state index in [0.717, 1.165) is 29.7 Å². The molecule has 1 aromatic heterocycles. The SMILES string of the molecule is CCn1cc(Br)cc1C(=O)NCC1(CC)CCC1. The summed E-state index contributed by atoms with van der Waals surface area (Å²) in [5.41, 5.74) is 1.12. The van der Waals surface area contributed by atoms with Gasteiger partial charge in [-0.25, -0.2) is 0 Å². The van der Waals surface area contributed by atoms with Crippen molar-refractivity contribution in [2.45, 2.75) is 46.1 Å². The van der Waals surface area contributed by atoms with E-state index < -0.39 is 0 Å². The van der Waals surface area contributed by atoms with Crippen LogP contribution in [0, 0.1) is 5.41 Å². The molecule has 0 spiro atoms. The van der Waals surface area contributed by atoms with Gasteiger partial charge in [0, 0.05) is 23.8 Å². The minimum atomic E-state index is 0.0438. The van der Waals surface area contributed by atoms with Gasteiger partial charge in [0.15, 0.2) is 0 Å². The number of aromatic nitrogens is 1. The maximum Gasteiger partial charge on any atom is 0.267 e. The normalized spacial score (nSPS) is 17.3. The van der Waals surface area contributed by atoms with E-state index in [2.05, 4.69) is 28.2 Å². The van der Waals surface area contributed by atoms with Crippen LogP contribution in [0.2, 0.25) is 0 Å². The Morgan fingerprint density at radius 2 is 2.22 bits per heavy atom. The molecule has 100 valence electrons. The Morgan fingerprint density at radius 3 is 2.72 bits per heavy atom. The molecule has 0 unspecified atom stereocenters. The average Bonchev–Trinajstić information content (AvgIpc) is 2.69. The third-order valence-electron chi connectivity index (χ3n) is 4.22. The van der Waals surface area contributed by atoms with Gasteiger partial charge in [-0.05, 0) is 53.6 Å². The van der Waals surface area contributed by atoms with Crippen molar-refractivity contribution in [3.63, 3.8) is 0 Å². The number of amides is 1. The van der Waals surface area contributed by atoms with Gasteiger partial charge >= 0.3 is 0 Å². The molecule has 18 heavy (non-hydrogen) atoms. The lowest BCUT2D eigenvalue weighted by molar-refractivity contribution is 0.0842. The van der Waals surface area contributed by atoms with Gasteiger partial charge in [-0.2, -0.15) is 0 Å². The van der Waals surface area contributed by atoms with E-state index in [0.29, 0.717) is 5.41 Å². The molecule has 1 aromatic rings. The Labute approximate surface area is 117 Å². The molecule has 1 heterocycles. The summed E-state index contributed by atoms with van der Waals surface area (Å²) >= 11 is 3.42. The molecule has 0 radical (unpaired) electrons. The fourth-order valence-corrected chi connectivity index (χ4v) is 3.08. The number of hydrogen-bond donors (Lipinski definition) is 1. The molecule has 1 aliphatic rings. The Bertz CT molecular complexity index is 429. The highest BCUT2D eigenvalue weighted by Crippen LogP contribution is 2.43. The number of hydrogen-bond acceptors (Lipinski definition) is 1. The number of nitrogens with zero attached hydrogens (tertiary/aromatic N) is 1. The van der Waals surface area contributed by atoms with Crippen LogP contribution < -0.4 is 5.32 Å². The zero-order chi connectivity index (χ0) is 13.2. The number of aryl methyl sites for hydroxylation is 1. The van der Waals surface area contributed by atoms with Gasteiger partial charge in [0.05, 0.1) is 0 Å². The molecule has 0 aromatic carbocycles. The number of rotatable bonds is 5. The third kappa shape index (κ3) is 2.63. The molecular formula is C14H21BrN2O. The minimum absolute atomic E-state index is 0.0438. The summed E-state index contributed by atoms with van der Waals surface area (Å²) < 4.78 is 2.93. The highest BCUT2D eigenvalue weighted by Gasteiger charge is 2.35. The second kappa shape index (κ2) is 5.47. The summed E-state index contributed by atoms with van der Waals surface area (Å²) in [6.07, 6.45) is 6.92. The van der Waals surface area contributed by atoms with Gasteiger partial charge in [0.1, 0.15) is 5.69 Å². The lowest BCUT2D eigenvalue weighted by atomic mass is 9.67. The number of carbonyl (C=O) groups is 1. The van der Waals surface area contributed by atoms with E-state index >= 15 is 0 Å². The van der Waals surface area contributed by atoms with Crippen molar-refractivity contribution >= 4 is 21.8 Å². The molecule has 1 saturated carbocycles. The largest absolute Gasteiger partial charge is 0.350 e. The molecule has 0 atom stereocenters. The van der Waals surface area contributed by atoms with Crippen molar-refractivity contribution in [1.29, 1.82) is 0 Å². The van der Waals surface area contributed by atoms with Crippen molar-refractivity contribution in [2.24, 2.45) is 5.41 Å². The summed E-state index contributed by atoms with van der Waals surface area (Å²) in [5, 5.41) is 3.10. The second-order valence-corrected chi connectivity index (χ2v) is 6.14. The Hall–Kier alpha value is -0.770. The van der Waals surface area contributed by atoms with Crippen LogP contribution in [0.25, 0.3) is 0 Å². The summed E-state index contributed by atoms with van der Waals surface area (Å²) in [4.78, 5) is 12.2. The molecular weight excluding hydrogens is 292 g/mol. The first kappa shape index (κ1) is 13.7. The van der Waals surface area contributed by atoms with E-state index in [1.54, 1.807) is 0 Å². The van der Waals surface area contributed by atoms with Gasteiger partial charge in [-0.1, -0.05) is 13.3 Å². The third-order valence-corrected chi connectivity index (χ3v) is 4.66. The zero-order valence-corrected chi connectivity index (χ0v) is 12.7. The Balaban J connectivity index is 1.99. The summed E-state index contributed by atoms with van der Waals surface area (Å²) in [5.74, 6) is 0.0438. The highest BCUT2D eigenvalue weighted by atomic mass is 79.9. The molecule has 0 bridgehead atoms. The first-order valence-electron chi connectivity index (χ1n) is 6.74. The number of halogens is 1. The molecule has 1 fully saturated rings. The predicted octanol–water partition coefficient (Wildman–Crippen LogP) is 3.58. The van der Waals surface area contributed by atoms with Crippen LogP contribution in [0.5, 0.6) is 0 Å². The standard InChI is InChI=1S/C14H21BrN2O/c1-3-14(6-5-7-14)10-16-13(18)12-8-11(15)9-17(12)4-2/h8-9H,3-7,10H2,1-2H3,(H,16,18). The molecule has 1 N–H and O–H groups in total. The van der Waals surface area contributed by atoms with Crippen molar-refractivity contribution in [3.05, 3.63) is 22.4 Å². The average molecular weight is 313 g/mol. The molecule has 2 rings (SSSR count). The Kier molecular flexibility index (Phi) is 4.15. The quantitative estimate of drug-likeness (QED) is 0.886. The lowest BCUT2D eigenvalue weighted by Crippen LogP contribution is -2.42. The molecule has 3 nitrogen and oxygen atoms in total. The van der Waals surface area contributed by atoms with Crippen molar-refractivity contribution in [2.75, 3.05) is 6.54 Å². The van der Waals surface area contributed by atoms with Crippen molar-refractivity contribution in [3.8, 4) is 0 Å². The van der Waals surface area contributed by atoms with E-state index in [4.69, 9.17) is 0 Å². The maximum absolute atomic E-state index is 12.2. The van der Waals surface area contributed by atoms with Crippen LogP contribution >= 0.6 is 15.9 Å². The van der Waals surface area contributed by atoms with Gasteiger partial charge in [0.2, 0.25) is 0 Å². The van der Waals surface area contributed by atoms with Crippen LogP contribution in [0.15, 0.2) is 16.7 Å². The number of carbonyl (C=O) groups excluding carboxylic acids is 1. The number of nitrogens with one attached hydrogen (secondary N) is 1. The van der Waals surface area contributed by atoms with E-state index in [1.807, 2.05) is 23.8 Å². The fraction of sp³-hybridized carbons (Fsp3) is 0.643. The summed E-state index contributed by atoms with van der Waals surface area (Å²) in [6, 6.07) is 1.89. The van der Waals surface area contributed by atoms with Crippen molar-refractivity contribution in [1.82, 2.24) is 9.88 Å². The summed E-state index contributed by atoms with van der Waals surface area (Å²) in [6.45, 7) is 5.89. The van der Waals surface area contributed by atoms with Gasteiger partial charge in [-0.15, -0.1) is 0 Å². The second-order valence-electron chi connectivity index (χ2n) is 5.22. The van der Waals surface area contributed by atoms with Crippen LogP contribution in [-0.2, 0) is 6.54 Å². The first-order chi connectivity index (χ1) is 8.60. The summed E-state index contributed by atoms with van der Waals surface area (Å²) in [7, 11) is 0. The highest BCUT2D eigenvalue weighted by molar-refractivity contribution is 9.10. The smallest absolute Gasteiger partial charge is 0.267 e. The maximum atomic E-state index is 12.2. The van der Waals surface area contributed by atoms with Crippen molar-refractivity contribution < 1.29 is 4.79 Å². The zero-order valence-electron chi connectivity index (χ0n) is 11.1. The molecule has 0 saturated heterocycles. The van der Waals surface area contributed by atoms with Gasteiger partial charge < -0.3 is 9.88 Å². The predicted molar refractivity (Wildman–Crippen MR) is 76.7 cm³/mol. The minimum Gasteiger partial charge on any atom is -0.350 e. The van der Waals surface area contributed by atoms with E-state index in [9.17, 15) is 4.79 Å². The topological polar surface area (TPSA) is 34.0 Å². The monoisotopic (exact) mass is 312 g/mol. The lowest BCUT2D eigenvalue weighted by Gasteiger charge is -2.41. The van der Waals surface area contributed by atoms with Gasteiger partial charge in [-0.3, -0.25) is 4.79 Å². The molecule has 0 aliphatic heterocycles. The first-order valence-corrected chi connectivity index (χ1v) is 7.53. The van der Waals surface area contributed by atoms with Crippen LogP contribution in [-0.4, -0.2) is 17.0 Å². The van der Waals surface area contributed by atoms with E-state index in [1.165, 1.54) is 19.3 Å². The van der Waals surface area contributed by atoms with Crippen LogP contribution in [0.4, 0.5) is 0 Å². The Morgan fingerprint density at radius 1 is 1.50 bits per heavy atom. The van der Waals surface area contributed by atoms with Crippen LogP contribution in [0.1, 0.15) is 50.0 Å².